The summed E-state index contributed by atoms with van der Waals surface area (Å²) in [6.07, 6.45) is 15.8. The van der Waals surface area contributed by atoms with E-state index in [9.17, 15) is 4.79 Å². The van der Waals surface area contributed by atoms with Crippen LogP contribution >= 0.6 is 0 Å². The van der Waals surface area contributed by atoms with Crippen molar-refractivity contribution < 1.29 is 9.53 Å². The van der Waals surface area contributed by atoms with Crippen molar-refractivity contribution in [3.8, 4) is 5.75 Å². The molecule has 154 valence electrons. The van der Waals surface area contributed by atoms with Crippen molar-refractivity contribution in [2.24, 2.45) is 5.92 Å². The highest BCUT2D eigenvalue weighted by molar-refractivity contribution is 5.90. The number of carbonyl (C=O) groups is 1. The molecule has 3 nitrogen and oxygen atoms in total. The number of benzene rings is 1. The highest BCUT2D eigenvalue weighted by Crippen LogP contribution is 2.26. The minimum absolute atomic E-state index is 0.0609. The zero-order chi connectivity index (χ0) is 19.7. The van der Waals surface area contributed by atoms with Gasteiger partial charge in [-0.1, -0.05) is 90.2 Å². The molecule has 0 saturated heterocycles. The number of rotatable bonds is 16. The van der Waals surface area contributed by atoms with Gasteiger partial charge in [-0.25, -0.2) is 0 Å². The molecule has 1 unspecified atom stereocenters. The van der Waals surface area contributed by atoms with Gasteiger partial charge in [-0.2, -0.15) is 0 Å². The van der Waals surface area contributed by atoms with E-state index in [1.165, 1.54) is 84.0 Å². The third-order valence-electron chi connectivity index (χ3n) is 5.10. The lowest BCUT2D eigenvalue weighted by atomic mass is 9.95. The van der Waals surface area contributed by atoms with Gasteiger partial charge in [0.1, 0.15) is 5.75 Å². The summed E-state index contributed by atoms with van der Waals surface area (Å²) in [4.78, 5) is 11.4. The minimum Gasteiger partial charge on any atom is -0.491 e. The van der Waals surface area contributed by atoms with Crippen LogP contribution in [-0.4, -0.2) is 12.5 Å². The third-order valence-corrected chi connectivity index (χ3v) is 5.10. The molecule has 0 aromatic heterocycles. The summed E-state index contributed by atoms with van der Waals surface area (Å²) >= 11 is 0. The summed E-state index contributed by atoms with van der Waals surface area (Å²) in [7, 11) is 0. The van der Waals surface area contributed by atoms with Crippen LogP contribution in [0.5, 0.6) is 5.75 Å². The van der Waals surface area contributed by atoms with E-state index in [0.29, 0.717) is 5.92 Å². The monoisotopic (exact) mass is 375 g/mol. The lowest BCUT2D eigenvalue weighted by Gasteiger charge is -2.19. The number of nitrogens with one attached hydrogen (secondary N) is 1. The number of amides is 1. The Morgan fingerprint density at radius 3 is 2.07 bits per heavy atom. The molecule has 0 aliphatic heterocycles. The standard InChI is InChI=1S/C24H41NO2/c1-4-6-8-10-11-13-17-22(16-12-9-7-5-2)20-27-24-19-15-14-18-23(24)25-21(3)26/h14-15,18-19,22H,4-13,16-17,20H2,1-3H3,(H,25,26). The normalized spacial score (nSPS) is 12.0. The molecule has 3 heteroatoms. The van der Waals surface area contributed by atoms with Crippen molar-refractivity contribution >= 4 is 11.6 Å². The zero-order valence-corrected chi connectivity index (χ0v) is 17.9. The second-order valence-electron chi connectivity index (χ2n) is 7.76. The maximum absolute atomic E-state index is 11.4. The molecule has 1 rings (SSSR count). The van der Waals surface area contributed by atoms with Gasteiger partial charge in [-0.3, -0.25) is 4.79 Å². The summed E-state index contributed by atoms with van der Waals surface area (Å²) in [5, 5.41) is 2.86. The van der Waals surface area contributed by atoms with Crippen LogP contribution in [0.4, 0.5) is 5.69 Å². The highest BCUT2D eigenvalue weighted by Gasteiger charge is 2.12. The van der Waals surface area contributed by atoms with Crippen LogP contribution < -0.4 is 10.1 Å². The first-order valence-corrected chi connectivity index (χ1v) is 11.2. The minimum atomic E-state index is -0.0609. The van der Waals surface area contributed by atoms with Crippen molar-refractivity contribution in [3.05, 3.63) is 24.3 Å². The molecule has 0 radical (unpaired) electrons. The first-order chi connectivity index (χ1) is 13.2. The molecule has 0 fully saturated rings. The van der Waals surface area contributed by atoms with Gasteiger partial charge in [0.25, 0.3) is 0 Å². The van der Waals surface area contributed by atoms with Crippen molar-refractivity contribution in [1.82, 2.24) is 0 Å². The SMILES string of the molecule is CCCCCCCCC(CCCCCC)COc1ccccc1NC(C)=O. The average molecular weight is 376 g/mol. The van der Waals surface area contributed by atoms with Crippen LogP contribution in [0.1, 0.15) is 97.8 Å². The van der Waals surface area contributed by atoms with Crippen LogP contribution in [0.15, 0.2) is 24.3 Å². The summed E-state index contributed by atoms with van der Waals surface area (Å²) in [5.74, 6) is 1.34. The molecule has 1 atom stereocenters. The average Bonchev–Trinajstić information content (AvgIpc) is 2.65. The van der Waals surface area contributed by atoms with Crippen molar-refractivity contribution in [2.45, 2.75) is 97.8 Å². The molecule has 0 aliphatic carbocycles. The molecule has 1 aromatic rings. The number of ether oxygens (including phenoxy) is 1. The first kappa shape index (κ1) is 23.5. The predicted octanol–water partition coefficient (Wildman–Crippen LogP) is 7.36. The maximum atomic E-state index is 11.4. The second-order valence-corrected chi connectivity index (χ2v) is 7.76. The number of unbranched alkanes of at least 4 members (excludes halogenated alkanes) is 8. The highest BCUT2D eigenvalue weighted by atomic mass is 16.5. The number of hydrogen-bond acceptors (Lipinski definition) is 2. The van der Waals surface area contributed by atoms with E-state index >= 15 is 0 Å². The van der Waals surface area contributed by atoms with Gasteiger partial charge >= 0.3 is 0 Å². The fraction of sp³-hybridized carbons (Fsp3) is 0.708. The molecule has 0 spiro atoms. The van der Waals surface area contributed by atoms with E-state index in [0.717, 1.165) is 18.0 Å². The van der Waals surface area contributed by atoms with Gasteiger partial charge in [0.05, 0.1) is 12.3 Å². The summed E-state index contributed by atoms with van der Waals surface area (Å²) in [5.41, 5.74) is 0.772. The number of carbonyl (C=O) groups excluding carboxylic acids is 1. The quantitative estimate of drug-likeness (QED) is 0.306. The van der Waals surface area contributed by atoms with Gasteiger partial charge in [0.2, 0.25) is 5.91 Å². The Kier molecular flexibility index (Phi) is 13.5. The lowest BCUT2D eigenvalue weighted by molar-refractivity contribution is -0.114. The van der Waals surface area contributed by atoms with Crippen molar-refractivity contribution in [1.29, 1.82) is 0 Å². The molecular formula is C24H41NO2. The molecule has 1 aromatic carbocycles. The largest absolute Gasteiger partial charge is 0.491 e. The fourth-order valence-electron chi connectivity index (χ4n) is 3.48. The molecule has 0 aliphatic rings. The number of hydrogen-bond donors (Lipinski definition) is 1. The summed E-state index contributed by atoms with van der Waals surface area (Å²) in [6, 6.07) is 7.74. The third kappa shape index (κ3) is 11.7. The van der Waals surface area contributed by atoms with E-state index in [2.05, 4.69) is 19.2 Å². The predicted molar refractivity (Wildman–Crippen MR) is 116 cm³/mol. The summed E-state index contributed by atoms with van der Waals surface area (Å²) in [6.45, 7) is 6.81. The Balaban J connectivity index is 2.48. The zero-order valence-electron chi connectivity index (χ0n) is 17.9. The Hall–Kier alpha value is -1.51. The smallest absolute Gasteiger partial charge is 0.221 e. The van der Waals surface area contributed by atoms with E-state index in [1.807, 2.05) is 24.3 Å². The van der Waals surface area contributed by atoms with Gasteiger partial charge in [-0.05, 0) is 30.9 Å². The van der Waals surface area contributed by atoms with Gasteiger partial charge in [-0.15, -0.1) is 0 Å². The van der Waals surface area contributed by atoms with Crippen LogP contribution in [-0.2, 0) is 4.79 Å². The maximum Gasteiger partial charge on any atom is 0.221 e. The van der Waals surface area contributed by atoms with Crippen LogP contribution in [0, 0.1) is 5.92 Å². The van der Waals surface area contributed by atoms with E-state index in [1.54, 1.807) is 0 Å². The topological polar surface area (TPSA) is 38.3 Å². The molecule has 27 heavy (non-hydrogen) atoms. The Bertz CT molecular complexity index is 501. The second kappa shape index (κ2) is 15.5. The van der Waals surface area contributed by atoms with Crippen molar-refractivity contribution in [3.63, 3.8) is 0 Å². The number of anilines is 1. The Labute approximate surface area is 167 Å². The molecule has 1 amide bonds. The summed E-state index contributed by atoms with van der Waals surface area (Å²) < 4.78 is 6.14. The van der Waals surface area contributed by atoms with Crippen LogP contribution in [0.2, 0.25) is 0 Å². The molecule has 0 saturated carbocycles. The molecular weight excluding hydrogens is 334 g/mol. The van der Waals surface area contributed by atoms with Gasteiger partial charge < -0.3 is 10.1 Å². The Morgan fingerprint density at radius 1 is 0.889 bits per heavy atom. The molecule has 1 N–H and O–H groups in total. The van der Waals surface area contributed by atoms with Crippen molar-refractivity contribution in [2.75, 3.05) is 11.9 Å². The van der Waals surface area contributed by atoms with E-state index in [-0.39, 0.29) is 5.91 Å². The van der Waals surface area contributed by atoms with Gasteiger partial charge in [0, 0.05) is 6.92 Å². The lowest BCUT2D eigenvalue weighted by Crippen LogP contribution is -2.14. The first-order valence-electron chi connectivity index (χ1n) is 11.2. The fourth-order valence-corrected chi connectivity index (χ4v) is 3.48. The Morgan fingerprint density at radius 2 is 1.44 bits per heavy atom. The van der Waals surface area contributed by atoms with Crippen LogP contribution in [0.25, 0.3) is 0 Å². The molecule has 0 heterocycles. The van der Waals surface area contributed by atoms with E-state index < -0.39 is 0 Å². The molecule has 0 bridgehead atoms. The van der Waals surface area contributed by atoms with E-state index in [4.69, 9.17) is 4.74 Å². The number of para-hydroxylation sites is 2. The van der Waals surface area contributed by atoms with Gasteiger partial charge in [0.15, 0.2) is 0 Å². The van der Waals surface area contributed by atoms with Crippen LogP contribution in [0.3, 0.4) is 0 Å².